The summed E-state index contributed by atoms with van der Waals surface area (Å²) >= 11 is 0. The number of hydrogen-bond acceptors (Lipinski definition) is 4. The van der Waals surface area contributed by atoms with E-state index in [1.807, 2.05) is 37.3 Å². The molecule has 0 aromatic heterocycles. The molecule has 1 amide bonds. The van der Waals surface area contributed by atoms with Crippen molar-refractivity contribution in [2.75, 3.05) is 6.61 Å². The molecule has 1 fully saturated rings. The van der Waals surface area contributed by atoms with Gasteiger partial charge in [0.2, 0.25) is 15.9 Å². The Balaban J connectivity index is 1.76. The highest BCUT2D eigenvalue weighted by Crippen LogP contribution is 2.19. The van der Waals surface area contributed by atoms with Crippen LogP contribution >= 0.6 is 0 Å². The predicted octanol–water partition coefficient (Wildman–Crippen LogP) is 4.20. The van der Waals surface area contributed by atoms with Crippen molar-refractivity contribution in [3.63, 3.8) is 0 Å². The van der Waals surface area contributed by atoms with Gasteiger partial charge in [-0.05, 0) is 56.0 Å². The van der Waals surface area contributed by atoms with E-state index in [9.17, 15) is 13.2 Å². The Bertz CT molecular complexity index is 938. The van der Waals surface area contributed by atoms with Crippen LogP contribution in [0.1, 0.15) is 57.4 Å². The standard InChI is InChI=1S/C25H34N2O4S/c1-2-31-22-15-17-23(18-16-22)32(29,30)27-24(19-20-11-7-6-8-12-20)25(28)26-21-13-9-4-3-5-10-14-21/h6-8,11-12,15-18,21,24,27H,2-5,9-10,13-14,19H2,1H3,(H,26,28). The summed E-state index contributed by atoms with van der Waals surface area (Å²) in [7, 11) is -3.88. The van der Waals surface area contributed by atoms with Crippen LogP contribution in [0.5, 0.6) is 5.75 Å². The minimum Gasteiger partial charge on any atom is -0.494 e. The van der Waals surface area contributed by atoms with Crippen LogP contribution in [0.4, 0.5) is 0 Å². The molecule has 174 valence electrons. The van der Waals surface area contributed by atoms with Gasteiger partial charge in [-0.2, -0.15) is 4.72 Å². The van der Waals surface area contributed by atoms with Crippen LogP contribution in [-0.2, 0) is 21.2 Å². The lowest BCUT2D eigenvalue weighted by Gasteiger charge is -2.25. The number of carbonyl (C=O) groups excluding carboxylic acids is 1. The van der Waals surface area contributed by atoms with E-state index in [2.05, 4.69) is 10.0 Å². The largest absolute Gasteiger partial charge is 0.494 e. The van der Waals surface area contributed by atoms with Gasteiger partial charge in [-0.25, -0.2) is 8.42 Å². The molecule has 1 atom stereocenters. The Morgan fingerprint density at radius 3 is 2.22 bits per heavy atom. The summed E-state index contributed by atoms with van der Waals surface area (Å²) in [6, 6.07) is 14.9. The molecule has 7 heteroatoms. The SMILES string of the molecule is CCOc1ccc(S(=O)(=O)NC(Cc2ccccc2)C(=O)NC2CCCCCCC2)cc1. The highest BCUT2D eigenvalue weighted by atomic mass is 32.2. The topological polar surface area (TPSA) is 84.5 Å². The summed E-state index contributed by atoms with van der Waals surface area (Å²) in [4.78, 5) is 13.3. The Kier molecular flexibility index (Phi) is 9.11. The van der Waals surface area contributed by atoms with E-state index in [4.69, 9.17) is 4.74 Å². The van der Waals surface area contributed by atoms with Gasteiger partial charge < -0.3 is 10.1 Å². The molecule has 2 N–H and O–H groups in total. The van der Waals surface area contributed by atoms with E-state index in [-0.39, 0.29) is 23.3 Å². The normalized spacial score (nSPS) is 16.5. The van der Waals surface area contributed by atoms with Crippen LogP contribution < -0.4 is 14.8 Å². The third-order valence-corrected chi connectivity index (χ3v) is 7.28. The molecule has 0 bridgehead atoms. The summed E-state index contributed by atoms with van der Waals surface area (Å²) in [6.45, 7) is 2.37. The maximum Gasteiger partial charge on any atom is 0.241 e. The fourth-order valence-electron chi connectivity index (χ4n) is 4.08. The lowest BCUT2D eigenvalue weighted by molar-refractivity contribution is -0.123. The summed E-state index contributed by atoms with van der Waals surface area (Å²) in [6.07, 6.45) is 7.96. The minimum atomic E-state index is -3.88. The highest BCUT2D eigenvalue weighted by Gasteiger charge is 2.27. The number of rotatable bonds is 9. The number of ether oxygens (including phenoxy) is 1. The molecule has 2 aromatic rings. The van der Waals surface area contributed by atoms with Gasteiger partial charge in [0.15, 0.2) is 0 Å². The van der Waals surface area contributed by atoms with Crippen molar-refractivity contribution in [3.8, 4) is 5.75 Å². The Hall–Kier alpha value is -2.38. The summed E-state index contributed by atoms with van der Waals surface area (Å²) < 4.78 is 34.2. The monoisotopic (exact) mass is 458 g/mol. The molecule has 3 rings (SSSR count). The van der Waals surface area contributed by atoms with E-state index >= 15 is 0 Å². The van der Waals surface area contributed by atoms with Crippen molar-refractivity contribution in [3.05, 3.63) is 60.2 Å². The van der Waals surface area contributed by atoms with Gasteiger partial charge in [-0.1, -0.05) is 62.4 Å². The lowest BCUT2D eigenvalue weighted by atomic mass is 9.96. The average molecular weight is 459 g/mol. The molecule has 0 saturated heterocycles. The van der Waals surface area contributed by atoms with Gasteiger partial charge in [-0.3, -0.25) is 4.79 Å². The number of sulfonamides is 1. The molecule has 0 radical (unpaired) electrons. The van der Waals surface area contributed by atoms with Crippen LogP contribution in [0.2, 0.25) is 0 Å². The van der Waals surface area contributed by atoms with Crippen molar-refractivity contribution in [1.82, 2.24) is 10.0 Å². The highest BCUT2D eigenvalue weighted by molar-refractivity contribution is 7.89. The Morgan fingerprint density at radius 1 is 0.969 bits per heavy atom. The fraction of sp³-hybridized carbons (Fsp3) is 0.480. The minimum absolute atomic E-state index is 0.0936. The van der Waals surface area contributed by atoms with Gasteiger partial charge in [0.25, 0.3) is 0 Å². The molecular formula is C25H34N2O4S. The molecule has 0 spiro atoms. The third kappa shape index (κ3) is 7.35. The Labute approximate surface area is 191 Å². The number of nitrogens with one attached hydrogen (secondary N) is 2. The summed E-state index contributed by atoms with van der Waals surface area (Å²) in [5.74, 6) is 0.336. The maximum atomic E-state index is 13.2. The number of amides is 1. The number of carbonyl (C=O) groups is 1. The van der Waals surface area contributed by atoms with Gasteiger partial charge in [-0.15, -0.1) is 0 Å². The van der Waals surface area contributed by atoms with Gasteiger partial charge in [0.1, 0.15) is 11.8 Å². The van der Waals surface area contributed by atoms with Crippen molar-refractivity contribution >= 4 is 15.9 Å². The summed E-state index contributed by atoms with van der Waals surface area (Å²) in [5.41, 5.74) is 0.903. The van der Waals surface area contributed by atoms with E-state index < -0.39 is 16.1 Å². The van der Waals surface area contributed by atoms with Crippen LogP contribution in [0.15, 0.2) is 59.5 Å². The second kappa shape index (κ2) is 12.0. The van der Waals surface area contributed by atoms with Crippen molar-refractivity contribution in [2.45, 2.75) is 75.3 Å². The number of benzene rings is 2. The zero-order chi connectivity index (χ0) is 22.8. The average Bonchev–Trinajstić information content (AvgIpc) is 2.76. The molecule has 1 aliphatic rings. The second-order valence-electron chi connectivity index (χ2n) is 8.32. The van der Waals surface area contributed by atoms with Crippen molar-refractivity contribution < 1.29 is 17.9 Å². The fourth-order valence-corrected chi connectivity index (χ4v) is 5.27. The zero-order valence-corrected chi connectivity index (χ0v) is 19.6. The number of hydrogen-bond donors (Lipinski definition) is 2. The van der Waals surface area contributed by atoms with E-state index in [1.54, 1.807) is 12.1 Å². The van der Waals surface area contributed by atoms with Crippen molar-refractivity contribution in [1.29, 1.82) is 0 Å². The maximum absolute atomic E-state index is 13.2. The first kappa shape index (κ1) is 24.3. The zero-order valence-electron chi connectivity index (χ0n) is 18.8. The van der Waals surface area contributed by atoms with Crippen LogP contribution in [0, 0.1) is 0 Å². The molecule has 2 aromatic carbocycles. The molecule has 6 nitrogen and oxygen atoms in total. The predicted molar refractivity (Wildman–Crippen MR) is 126 cm³/mol. The summed E-state index contributed by atoms with van der Waals surface area (Å²) in [5, 5.41) is 3.12. The van der Waals surface area contributed by atoms with Crippen LogP contribution in [-0.4, -0.2) is 33.0 Å². The van der Waals surface area contributed by atoms with E-state index in [1.165, 1.54) is 31.4 Å². The van der Waals surface area contributed by atoms with Crippen molar-refractivity contribution in [2.24, 2.45) is 0 Å². The molecule has 1 aliphatic carbocycles. The first-order chi connectivity index (χ1) is 15.5. The first-order valence-corrected chi connectivity index (χ1v) is 13.1. The molecule has 0 heterocycles. The van der Waals surface area contributed by atoms with E-state index in [0.29, 0.717) is 12.4 Å². The van der Waals surface area contributed by atoms with E-state index in [0.717, 1.165) is 31.2 Å². The van der Waals surface area contributed by atoms with Crippen LogP contribution in [0.25, 0.3) is 0 Å². The molecule has 1 saturated carbocycles. The molecule has 0 aliphatic heterocycles. The van der Waals surface area contributed by atoms with Gasteiger partial charge in [0.05, 0.1) is 11.5 Å². The third-order valence-electron chi connectivity index (χ3n) is 5.79. The molecule has 1 unspecified atom stereocenters. The molecular weight excluding hydrogens is 424 g/mol. The van der Waals surface area contributed by atoms with Gasteiger partial charge >= 0.3 is 0 Å². The quantitative estimate of drug-likeness (QED) is 0.590. The first-order valence-electron chi connectivity index (χ1n) is 11.6. The molecule has 32 heavy (non-hydrogen) atoms. The lowest BCUT2D eigenvalue weighted by Crippen LogP contribution is -2.50. The van der Waals surface area contributed by atoms with Gasteiger partial charge in [0, 0.05) is 6.04 Å². The van der Waals surface area contributed by atoms with Crippen LogP contribution in [0.3, 0.4) is 0 Å². The Morgan fingerprint density at radius 2 is 1.59 bits per heavy atom. The second-order valence-corrected chi connectivity index (χ2v) is 10.0. The smallest absolute Gasteiger partial charge is 0.241 e.